The Bertz CT molecular complexity index is 672. The van der Waals surface area contributed by atoms with E-state index in [2.05, 4.69) is 34.1 Å². The third kappa shape index (κ3) is 4.73. The van der Waals surface area contributed by atoms with Crippen LogP contribution in [-0.4, -0.2) is 16.4 Å². The second-order valence-corrected chi connectivity index (χ2v) is 4.45. The predicted octanol–water partition coefficient (Wildman–Crippen LogP) is 3.40. The lowest BCUT2D eigenvalue weighted by atomic mass is 10.1. The summed E-state index contributed by atoms with van der Waals surface area (Å²) in [7, 11) is 0. The number of aryl methyl sites for hydroxylation is 1. The Balaban J connectivity index is 1.89. The molecule has 3 nitrogen and oxygen atoms in total. The van der Waals surface area contributed by atoms with Crippen molar-refractivity contribution in [2.75, 3.05) is 0 Å². The highest BCUT2D eigenvalue weighted by Crippen LogP contribution is 2.05. The van der Waals surface area contributed by atoms with Gasteiger partial charge in [-0.05, 0) is 36.5 Å². The van der Waals surface area contributed by atoms with E-state index in [0.717, 1.165) is 25.5 Å². The summed E-state index contributed by atoms with van der Waals surface area (Å²) in [5.41, 5.74) is 1.74. The molecule has 0 fully saturated rings. The zero-order valence-corrected chi connectivity index (χ0v) is 11.5. The van der Waals surface area contributed by atoms with E-state index in [1.165, 1.54) is 17.7 Å². The minimum atomic E-state index is -0.539. The molecule has 0 bridgehead atoms. The average molecular weight is 282 g/mol. The SMILES string of the molecule is O/N=C\c1nc(C#CCCCc2ccccc2)ccc1F. The molecule has 2 rings (SSSR count). The van der Waals surface area contributed by atoms with Crippen molar-refractivity contribution in [1.29, 1.82) is 0 Å². The van der Waals surface area contributed by atoms with Crippen LogP contribution in [0, 0.1) is 17.7 Å². The fraction of sp³-hybridized carbons (Fsp3) is 0.176. The van der Waals surface area contributed by atoms with Gasteiger partial charge in [0.1, 0.15) is 11.4 Å². The Kier molecular flexibility index (Phi) is 5.48. The first-order chi connectivity index (χ1) is 10.3. The predicted molar refractivity (Wildman–Crippen MR) is 79.8 cm³/mol. The van der Waals surface area contributed by atoms with E-state index in [1.807, 2.05) is 18.2 Å². The second kappa shape index (κ2) is 7.81. The number of pyridine rings is 1. The number of benzene rings is 1. The molecule has 0 aliphatic carbocycles. The molecule has 21 heavy (non-hydrogen) atoms. The number of nitrogens with zero attached hydrogens (tertiary/aromatic N) is 2. The maximum atomic E-state index is 13.3. The first kappa shape index (κ1) is 14.7. The van der Waals surface area contributed by atoms with Crippen LogP contribution in [0.25, 0.3) is 0 Å². The molecule has 1 aromatic heterocycles. The zero-order chi connectivity index (χ0) is 14.9. The number of rotatable bonds is 4. The average Bonchev–Trinajstić information content (AvgIpc) is 2.51. The molecule has 1 heterocycles. The monoisotopic (exact) mass is 282 g/mol. The van der Waals surface area contributed by atoms with Crippen LogP contribution in [0.4, 0.5) is 4.39 Å². The topological polar surface area (TPSA) is 45.5 Å². The zero-order valence-electron chi connectivity index (χ0n) is 11.5. The molecule has 0 unspecified atom stereocenters. The number of unbranched alkanes of at least 4 members (excludes halogenated alkanes) is 1. The van der Waals surface area contributed by atoms with Gasteiger partial charge in [0.2, 0.25) is 0 Å². The number of aromatic nitrogens is 1. The summed E-state index contributed by atoms with van der Waals surface area (Å²) in [6.07, 6.45) is 3.64. The third-order valence-electron chi connectivity index (χ3n) is 2.88. The van der Waals surface area contributed by atoms with E-state index in [1.54, 1.807) is 0 Å². The molecule has 0 radical (unpaired) electrons. The first-order valence-electron chi connectivity index (χ1n) is 6.66. The van der Waals surface area contributed by atoms with Crippen LogP contribution in [0.2, 0.25) is 0 Å². The van der Waals surface area contributed by atoms with Crippen LogP contribution in [-0.2, 0) is 6.42 Å². The Morgan fingerprint density at radius 2 is 2.00 bits per heavy atom. The van der Waals surface area contributed by atoms with Crippen LogP contribution in [0.1, 0.15) is 29.8 Å². The van der Waals surface area contributed by atoms with Gasteiger partial charge in [0.15, 0.2) is 5.82 Å². The summed E-state index contributed by atoms with van der Waals surface area (Å²) in [6, 6.07) is 13.0. The largest absolute Gasteiger partial charge is 0.411 e. The van der Waals surface area contributed by atoms with Crippen molar-refractivity contribution in [3.05, 3.63) is 65.2 Å². The van der Waals surface area contributed by atoms with E-state index < -0.39 is 5.82 Å². The van der Waals surface area contributed by atoms with Gasteiger partial charge in [-0.2, -0.15) is 0 Å². The van der Waals surface area contributed by atoms with Crippen LogP contribution in [0.15, 0.2) is 47.6 Å². The van der Waals surface area contributed by atoms with E-state index in [4.69, 9.17) is 5.21 Å². The number of halogens is 1. The normalized spacial score (nSPS) is 10.3. The molecule has 0 saturated carbocycles. The molecule has 1 N–H and O–H groups in total. The number of oxime groups is 1. The van der Waals surface area contributed by atoms with Gasteiger partial charge >= 0.3 is 0 Å². The molecular formula is C17H15FN2O. The summed E-state index contributed by atoms with van der Waals surface area (Å²) in [6.45, 7) is 0. The van der Waals surface area contributed by atoms with Gasteiger partial charge in [0.05, 0.1) is 6.21 Å². The molecule has 0 atom stereocenters. The minimum Gasteiger partial charge on any atom is -0.411 e. The molecule has 1 aromatic carbocycles. The molecule has 4 heteroatoms. The standard InChI is InChI=1S/C17H15FN2O/c18-16-12-11-15(20-17(16)13-19-21)10-6-2-5-9-14-7-3-1-4-8-14/h1,3-4,7-8,11-13,21H,2,5,9H2/b19-13-. The van der Waals surface area contributed by atoms with Gasteiger partial charge in [-0.1, -0.05) is 41.4 Å². The van der Waals surface area contributed by atoms with Crippen LogP contribution in [0.3, 0.4) is 0 Å². The van der Waals surface area contributed by atoms with Crippen LogP contribution < -0.4 is 0 Å². The molecule has 2 aromatic rings. The highest BCUT2D eigenvalue weighted by atomic mass is 19.1. The lowest BCUT2D eigenvalue weighted by Gasteiger charge is -1.97. The molecule has 0 amide bonds. The van der Waals surface area contributed by atoms with Gasteiger partial charge in [0.25, 0.3) is 0 Å². The lowest BCUT2D eigenvalue weighted by molar-refractivity contribution is 0.321. The van der Waals surface area contributed by atoms with E-state index in [-0.39, 0.29) is 5.69 Å². The molecule has 0 aliphatic heterocycles. The summed E-state index contributed by atoms with van der Waals surface area (Å²) >= 11 is 0. The Morgan fingerprint density at radius 1 is 1.19 bits per heavy atom. The van der Waals surface area contributed by atoms with Gasteiger partial charge < -0.3 is 5.21 Å². The highest BCUT2D eigenvalue weighted by molar-refractivity contribution is 5.76. The third-order valence-corrected chi connectivity index (χ3v) is 2.88. The first-order valence-corrected chi connectivity index (χ1v) is 6.66. The maximum Gasteiger partial charge on any atom is 0.150 e. The van der Waals surface area contributed by atoms with Crippen molar-refractivity contribution in [2.24, 2.45) is 5.16 Å². The maximum absolute atomic E-state index is 13.3. The quantitative estimate of drug-likeness (QED) is 0.307. The fourth-order valence-corrected chi connectivity index (χ4v) is 1.85. The molecule has 0 spiro atoms. The van der Waals surface area contributed by atoms with Crippen molar-refractivity contribution in [3.63, 3.8) is 0 Å². The van der Waals surface area contributed by atoms with Crippen LogP contribution in [0.5, 0.6) is 0 Å². The summed E-state index contributed by atoms with van der Waals surface area (Å²) in [4.78, 5) is 3.96. The van der Waals surface area contributed by atoms with Crippen molar-refractivity contribution < 1.29 is 9.60 Å². The van der Waals surface area contributed by atoms with E-state index in [9.17, 15) is 4.39 Å². The van der Waals surface area contributed by atoms with Crippen LogP contribution >= 0.6 is 0 Å². The Labute approximate surface area is 123 Å². The van der Waals surface area contributed by atoms with Gasteiger partial charge in [0, 0.05) is 6.42 Å². The van der Waals surface area contributed by atoms with Crippen molar-refractivity contribution in [3.8, 4) is 11.8 Å². The fourth-order valence-electron chi connectivity index (χ4n) is 1.85. The number of hydrogen-bond donors (Lipinski definition) is 1. The van der Waals surface area contributed by atoms with Gasteiger partial charge in [-0.25, -0.2) is 9.37 Å². The van der Waals surface area contributed by atoms with Gasteiger partial charge in [-0.3, -0.25) is 0 Å². The smallest absolute Gasteiger partial charge is 0.150 e. The molecule has 106 valence electrons. The minimum absolute atomic E-state index is 0.0198. The summed E-state index contributed by atoms with van der Waals surface area (Å²) < 4.78 is 13.3. The summed E-state index contributed by atoms with van der Waals surface area (Å²) in [5, 5.41) is 11.2. The van der Waals surface area contributed by atoms with Crippen molar-refractivity contribution in [1.82, 2.24) is 4.98 Å². The van der Waals surface area contributed by atoms with Crippen molar-refractivity contribution in [2.45, 2.75) is 19.3 Å². The van der Waals surface area contributed by atoms with E-state index >= 15 is 0 Å². The Morgan fingerprint density at radius 3 is 2.76 bits per heavy atom. The molecule has 0 aliphatic rings. The second-order valence-electron chi connectivity index (χ2n) is 4.45. The van der Waals surface area contributed by atoms with Crippen molar-refractivity contribution >= 4 is 6.21 Å². The summed E-state index contributed by atoms with van der Waals surface area (Å²) in [5.74, 6) is 5.37. The molecular weight excluding hydrogens is 267 g/mol. The lowest BCUT2D eigenvalue weighted by Crippen LogP contribution is -1.95. The Hall–Kier alpha value is -2.67. The number of hydrogen-bond acceptors (Lipinski definition) is 3. The molecule has 0 saturated heterocycles. The highest BCUT2D eigenvalue weighted by Gasteiger charge is 2.01. The van der Waals surface area contributed by atoms with E-state index in [0.29, 0.717) is 5.69 Å². The van der Waals surface area contributed by atoms with Gasteiger partial charge in [-0.15, -0.1) is 0 Å².